The minimum Gasteiger partial charge on any atom is -0.481 e. The van der Waals surface area contributed by atoms with Crippen LogP contribution in [0, 0.1) is 11.3 Å². The molecule has 2 fully saturated rings. The van der Waals surface area contributed by atoms with Crippen molar-refractivity contribution in [3.8, 4) is 0 Å². The molecule has 2 saturated carbocycles. The van der Waals surface area contributed by atoms with Gasteiger partial charge in [0.05, 0.1) is 5.41 Å². The molecule has 0 saturated heterocycles. The molecule has 0 aromatic carbocycles. The number of rotatable bonds is 5. The number of aliphatic carboxylic acids is 1. The van der Waals surface area contributed by atoms with E-state index in [9.17, 15) is 9.59 Å². The largest absolute Gasteiger partial charge is 0.481 e. The highest BCUT2D eigenvalue weighted by molar-refractivity contribution is 5.81. The van der Waals surface area contributed by atoms with Crippen molar-refractivity contribution in [3.63, 3.8) is 0 Å². The summed E-state index contributed by atoms with van der Waals surface area (Å²) in [6.07, 6.45) is 4.28. The summed E-state index contributed by atoms with van der Waals surface area (Å²) in [5.74, 6) is -0.195. The normalized spacial score (nSPS) is 22.9. The van der Waals surface area contributed by atoms with Gasteiger partial charge in [-0.1, -0.05) is 0 Å². The summed E-state index contributed by atoms with van der Waals surface area (Å²) in [6.45, 7) is 0.313. The van der Waals surface area contributed by atoms with Crippen LogP contribution < -0.4 is 5.32 Å². The molecule has 14 heavy (non-hydrogen) atoms. The molecule has 4 heteroatoms. The maximum atomic E-state index is 11.3. The quantitative estimate of drug-likeness (QED) is 0.684. The third kappa shape index (κ3) is 2.05. The number of hydrogen-bond donors (Lipinski definition) is 2. The van der Waals surface area contributed by atoms with Crippen LogP contribution in [-0.4, -0.2) is 23.5 Å². The first kappa shape index (κ1) is 9.49. The van der Waals surface area contributed by atoms with Crippen molar-refractivity contribution in [1.29, 1.82) is 0 Å². The van der Waals surface area contributed by atoms with Crippen molar-refractivity contribution in [2.45, 2.75) is 32.1 Å². The highest BCUT2D eigenvalue weighted by Crippen LogP contribution is 2.45. The second-order valence-corrected chi connectivity index (χ2v) is 4.51. The first-order valence-electron chi connectivity index (χ1n) is 5.12. The Morgan fingerprint density at radius 3 is 2.43 bits per heavy atom. The van der Waals surface area contributed by atoms with Crippen LogP contribution in [0.5, 0.6) is 0 Å². The molecule has 0 heterocycles. The van der Waals surface area contributed by atoms with Gasteiger partial charge in [0, 0.05) is 13.0 Å². The van der Waals surface area contributed by atoms with Crippen LogP contribution in [0.25, 0.3) is 0 Å². The van der Waals surface area contributed by atoms with Gasteiger partial charge in [0.1, 0.15) is 0 Å². The first-order chi connectivity index (χ1) is 6.62. The van der Waals surface area contributed by atoms with Crippen molar-refractivity contribution in [3.05, 3.63) is 0 Å². The van der Waals surface area contributed by atoms with E-state index in [1.807, 2.05) is 0 Å². The second kappa shape index (κ2) is 3.26. The van der Waals surface area contributed by atoms with Crippen LogP contribution in [0.1, 0.15) is 32.1 Å². The SMILES string of the molecule is O=C(CC1CC1)NCC1(C(=O)O)CC1. The molecule has 2 aliphatic carbocycles. The number of hydrogen-bond acceptors (Lipinski definition) is 2. The van der Waals surface area contributed by atoms with E-state index < -0.39 is 11.4 Å². The molecule has 2 rings (SSSR count). The smallest absolute Gasteiger partial charge is 0.311 e. The second-order valence-electron chi connectivity index (χ2n) is 4.51. The van der Waals surface area contributed by atoms with Crippen LogP contribution in [0.4, 0.5) is 0 Å². The highest BCUT2D eigenvalue weighted by atomic mass is 16.4. The fourth-order valence-electron chi connectivity index (χ4n) is 1.54. The van der Waals surface area contributed by atoms with Crippen LogP contribution in [0.15, 0.2) is 0 Å². The lowest BCUT2D eigenvalue weighted by molar-refractivity contribution is -0.143. The lowest BCUT2D eigenvalue weighted by atomic mass is 10.1. The molecule has 0 aromatic heterocycles. The number of carboxylic acid groups (broad SMARTS) is 1. The monoisotopic (exact) mass is 197 g/mol. The van der Waals surface area contributed by atoms with Gasteiger partial charge in [0.15, 0.2) is 0 Å². The zero-order valence-electron chi connectivity index (χ0n) is 8.08. The Bertz CT molecular complexity index is 267. The number of carbonyl (C=O) groups excluding carboxylic acids is 1. The zero-order valence-corrected chi connectivity index (χ0v) is 8.08. The van der Waals surface area contributed by atoms with E-state index in [0.717, 1.165) is 12.8 Å². The third-order valence-corrected chi connectivity index (χ3v) is 3.10. The highest BCUT2D eigenvalue weighted by Gasteiger charge is 2.50. The first-order valence-corrected chi connectivity index (χ1v) is 5.12. The van der Waals surface area contributed by atoms with Gasteiger partial charge >= 0.3 is 5.97 Å². The van der Waals surface area contributed by atoms with E-state index in [0.29, 0.717) is 31.7 Å². The molecule has 0 unspecified atom stereocenters. The maximum Gasteiger partial charge on any atom is 0.311 e. The molecule has 0 spiro atoms. The summed E-state index contributed by atoms with van der Waals surface area (Å²) in [5, 5.41) is 11.6. The summed E-state index contributed by atoms with van der Waals surface area (Å²) < 4.78 is 0. The molecule has 0 bridgehead atoms. The molecule has 0 aliphatic heterocycles. The van der Waals surface area contributed by atoms with Gasteiger partial charge in [-0.25, -0.2) is 0 Å². The van der Waals surface area contributed by atoms with E-state index in [2.05, 4.69) is 5.32 Å². The van der Waals surface area contributed by atoms with Crippen LogP contribution in [0.2, 0.25) is 0 Å². The minimum absolute atomic E-state index is 0.0139. The fraction of sp³-hybridized carbons (Fsp3) is 0.800. The van der Waals surface area contributed by atoms with Crippen molar-refractivity contribution in [1.82, 2.24) is 5.32 Å². The van der Waals surface area contributed by atoms with E-state index in [1.165, 1.54) is 0 Å². The molecule has 78 valence electrons. The van der Waals surface area contributed by atoms with Crippen LogP contribution >= 0.6 is 0 Å². The van der Waals surface area contributed by atoms with E-state index >= 15 is 0 Å². The van der Waals surface area contributed by atoms with Gasteiger partial charge in [0.2, 0.25) is 5.91 Å². The van der Waals surface area contributed by atoms with Crippen molar-refractivity contribution < 1.29 is 14.7 Å². The molecule has 4 nitrogen and oxygen atoms in total. The predicted octanol–water partition coefficient (Wildman–Crippen LogP) is 0.767. The Hall–Kier alpha value is -1.06. The number of amides is 1. The van der Waals surface area contributed by atoms with Crippen LogP contribution in [0.3, 0.4) is 0 Å². The Morgan fingerprint density at radius 1 is 1.36 bits per heavy atom. The molecule has 0 aromatic rings. The molecule has 1 amide bonds. The third-order valence-electron chi connectivity index (χ3n) is 3.10. The van der Waals surface area contributed by atoms with Gasteiger partial charge in [-0.05, 0) is 31.6 Å². The number of carboxylic acids is 1. The van der Waals surface area contributed by atoms with Crippen molar-refractivity contribution in [2.75, 3.05) is 6.54 Å². The van der Waals surface area contributed by atoms with Gasteiger partial charge in [-0.15, -0.1) is 0 Å². The number of nitrogens with one attached hydrogen (secondary N) is 1. The zero-order chi connectivity index (χ0) is 10.2. The summed E-state index contributed by atoms with van der Waals surface area (Å²) in [7, 11) is 0. The average molecular weight is 197 g/mol. The molecule has 2 N–H and O–H groups in total. The van der Waals surface area contributed by atoms with Crippen molar-refractivity contribution in [2.24, 2.45) is 11.3 Å². The summed E-state index contributed by atoms with van der Waals surface area (Å²) >= 11 is 0. The summed E-state index contributed by atoms with van der Waals surface area (Å²) in [6, 6.07) is 0. The molecule has 0 atom stereocenters. The lowest BCUT2D eigenvalue weighted by Gasteiger charge is -2.10. The van der Waals surface area contributed by atoms with Gasteiger partial charge in [-0.2, -0.15) is 0 Å². The molecular formula is C10H15NO3. The fourth-order valence-corrected chi connectivity index (χ4v) is 1.54. The minimum atomic E-state index is -0.774. The topological polar surface area (TPSA) is 66.4 Å². The summed E-state index contributed by atoms with van der Waals surface area (Å²) in [4.78, 5) is 22.1. The Labute approximate surface area is 82.7 Å². The van der Waals surface area contributed by atoms with Crippen LogP contribution in [-0.2, 0) is 9.59 Å². The van der Waals surface area contributed by atoms with Gasteiger partial charge < -0.3 is 10.4 Å². The lowest BCUT2D eigenvalue weighted by Crippen LogP contribution is -2.34. The molecule has 2 aliphatic rings. The Balaban J connectivity index is 1.70. The van der Waals surface area contributed by atoms with Gasteiger partial charge in [0.25, 0.3) is 0 Å². The maximum absolute atomic E-state index is 11.3. The Kier molecular flexibility index (Phi) is 2.21. The Morgan fingerprint density at radius 2 is 2.00 bits per heavy atom. The molecular weight excluding hydrogens is 182 g/mol. The van der Waals surface area contributed by atoms with E-state index in [1.54, 1.807) is 0 Å². The average Bonchev–Trinajstić information content (AvgIpc) is 2.97. The standard InChI is InChI=1S/C10H15NO3/c12-8(5-7-1-2-7)11-6-10(3-4-10)9(13)14/h7H,1-6H2,(H,11,12)(H,13,14). The predicted molar refractivity (Wildman–Crippen MR) is 49.7 cm³/mol. The summed E-state index contributed by atoms with van der Waals surface area (Å²) in [5.41, 5.74) is -0.626. The van der Waals surface area contributed by atoms with Crippen molar-refractivity contribution >= 4 is 11.9 Å². The van der Waals surface area contributed by atoms with E-state index in [4.69, 9.17) is 5.11 Å². The number of carbonyl (C=O) groups is 2. The van der Waals surface area contributed by atoms with Gasteiger partial charge in [-0.3, -0.25) is 9.59 Å². The van der Waals surface area contributed by atoms with E-state index in [-0.39, 0.29) is 5.91 Å². The molecule has 0 radical (unpaired) electrons.